The van der Waals surface area contributed by atoms with Crippen molar-refractivity contribution < 1.29 is 0 Å². The van der Waals surface area contributed by atoms with E-state index in [-0.39, 0.29) is 5.43 Å². The molecule has 90 valence electrons. The van der Waals surface area contributed by atoms with E-state index in [1.807, 2.05) is 36.4 Å². The van der Waals surface area contributed by atoms with Gasteiger partial charge in [-0.25, -0.2) is 0 Å². The van der Waals surface area contributed by atoms with Crippen molar-refractivity contribution >= 4 is 21.8 Å². The first-order valence-electron chi connectivity index (χ1n) is 6.33. The Balaban J connectivity index is 2.38. The van der Waals surface area contributed by atoms with Crippen LogP contribution in [0.15, 0.2) is 47.3 Å². The van der Waals surface area contributed by atoms with Crippen molar-refractivity contribution in [1.82, 2.24) is 4.98 Å². The Hall–Kier alpha value is -2.09. The van der Waals surface area contributed by atoms with Crippen LogP contribution < -0.4 is 5.43 Å². The maximum absolute atomic E-state index is 12.4. The number of aromatic nitrogens is 1. The molecule has 1 aromatic heterocycles. The normalized spacial score (nSPS) is 11.2. The van der Waals surface area contributed by atoms with Crippen LogP contribution in [0, 0.1) is 0 Å². The van der Waals surface area contributed by atoms with Crippen molar-refractivity contribution in [3.63, 3.8) is 0 Å². The summed E-state index contributed by atoms with van der Waals surface area (Å²) in [6.45, 7) is 2.15. The average Bonchev–Trinajstić information content (AvgIpc) is 2.40. The third kappa shape index (κ3) is 1.70. The molecule has 0 atom stereocenters. The molecular weight excluding hydrogens is 222 g/mol. The average molecular weight is 237 g/mol. The minimum atomic E-state index is 0.123. The second kappa shape index (κ2) is 4.30. The predicted octanol–water partition coefficient (Wildman–Crippen LogP) is 3.63. The molecule has 0 unspecified atom stereocenters. The van der Waals surface area contributed by atoms with Crippen LogP contribution in [0.5, 0.6) is 0 Å². The lowest BCUT2D eigenvalue weighted by Gasteiger charge is -2.04. The molecule has 0 fully saturated rings. The van der Waals surface area contributed by atoms with E-state index in [2.05, 4.69) is 18.0 Å². The first kappa shape index (κ1) is 11.0. The summed E-state index contributed by atoms with van der Waals surface area (Å²) in [5.74, 6) is 0. The topological polar surface area (TPSA) is 32.9 Å². The highest BCUT2D eigenvalue weighted by Crippen LogP contribution is 2.16. The van der Waals surface area contributed by atoms with E-state index >= 15 is 0 Å². The van der Waals surface area contributed by atoms with Gasteiger partial charge in [0.15, 0.2) is 5.43 Å². The molecule has 0 spiro atoms. The maximum Gasteiger partial charge on any atom is 0.197 e. The van der Waals surface area contributed by atoms with Gasteiger partial charge in [0.2, 0.25) is 0 Å². The maximum atomic E-state index is 12.4. The van der Waals surface area contributed by atoms with Gasteiger partial charge >= 0.3 is 0 Å². The van der Waals surface area contributed by atoms with E-state index in [1.54, 1.807) is 0 Å². The van der Waals surface area contributed by atoms with Crippen LogP contribution in [0.2, 0.25) is 0 Å². The number of hydrogen-bond acceptors (Lipinski definition) is 1. The summed E-state index contributed by atoms with van der Waals surface area (Å²) in [5.41, 5.74) is 3.17. The zero-order chi connectivity index (χ0) is 12.5. The van der Waals surface area contributed by atoms with Gasteiger partial charge < -0.3 is 4.98 Å². The number of H-pyrrole nitrogens is 1. The molecule has 0 saturated carbocycles. The first-order valence-corrected chi connectivity index (χ1v) is 6.33. The molecule has 0 aliphatic heterocycles. The van der Waals surface area contributed by atoms with E-state index < -0.39 is 0 Å². The van der Waals surface area contributed by atoms with Gasteiger partial charge in [0.1, 0.15) is 0 Å². The van der Waals surface area contributed by atoms with Crippen molar-refractivity contribution in [3.8, 4) is 0 Å². The number of benzene rings is 2. The molecular formula is C16H15NO. The van der Waals surface area contributed by atoms with Gasteiger partial charge in [-0.2, -0.15) is 0 Å². The summed E-state index contributed by atoms with van der Waals surface area (Å²) in [7, 11) is 0. The zero-order valence-electron chi connectivity index (χ0n) is 10.4. The Bertz CT molecular complexity index is 771. The van der Waals surface area contributed by atoms with E-state index in [0.717, 1.165) is 34.6 Å². The number of para-hydroxylation sites is 1. The summed E-state index contributed by atoms with van der Waals surface area (Å²) in [6.07, 6.45) is 2.11. The number of aryl methyl sites for hydroxylation is 1. The number of fused-ring (bicyclic) bond motifs is 2. The fourth-order valence-corrected chi connectivity index (χ4v) is 2.41. The Morgan fingerprint density at radius 1 is 1.00 bits per heavy atom. The lowest BCUT2D eigenvalue weighted by molar-refractivity contribution is 0.923. The fraction of sp³-hybridized carbons (Fsp3) is 0.188. The molecule has 2 aromatic carbocycles. The van der Waals surface area contributed by atoms with Crippen molar-refractivity contribution in [2.45, 2.75) is 19.8 Å². The third-order valence-corrected chi connectivity index (χ3v) is 3.31. The number of rotatable bonds is 2. The van der Waals surface area contributed by atoms with Crippen molar-refractivity contribution in [3.05, 3.63) is 58.3 Å². The molecule has 0 aliphatic rings. The lowest BCUT2D eigenvalue weighted by Crippen LogP contribution is -2.04. The highest BCUT2D eigenvalue weighted by atomic mass is 16.1. The van der Waals surface area contributed by atoms with Gasteiger partial charge in [-0.15, -0.1) is 0 Å². The minimum absolute atomic E-state index is 0.123. The molecule has 0 radical (unpaired) electrons. The van der Waals surface area contributed by atoms with Crippen LogP contribution in [0.3, 0.4) is 0 Å². The Morgan fingerprint density at radius 2 is 1.78 bits per heavy atom. The summed E-state index contributed by atoms with van der Waals surface area (Å²) < 4.78 is 0. The van der Waals surface area contributed by atoms with Gasteiger partial charge in [0.25, 0.3) is 0 Å². The van der Waals surface area contributed by atoms with Crippen LogP contribution >= 0.6 is 0 Å². The van der Waals surface area contributed by atoms with Crippen LogP contribution in [0.25, 0.3) is 21.8 Å². The van der Waals surface area contributed by atoms with Crippen LogP contribution in [0.4, 0.5) is 0 Å². The molecule has 2 heteroatoms. The molecule has 1 N–H and O–H groups in total. The molecule has 1 heterocycles. The van der Waals surface area contributed by atoms with Gasteiger partial charge in [-0.1, -0.05) is 31.5 Å². The monoisotopic (exact) mass is 237 g/mol. The summed E-state index contributed by atoms with van der Waals surface area (Å²) in [6, 6.07) is 13.8. The number of pyridine rings is 1. The van der Waals surface area contributed by atoms with Crippen LogP contribution in [0.1, 0.15) is 18.9 Å². The smallest absolute Gasteiger partial charge is 0.197 e. The molecule has 0 bridgehead atoms. The second-order valence-corrected chi connectivity index (χ2v) is 4.63. The van der Waals surface area contributed by atoms with Crippen molar-refractivity contribution in [2.75, 3.05) is 0 Å². The molecule has 2 nitrogen and oxygen atoms in total. The van der Waals surface area contributed by atoms with E-state index in [0.29, 0.717) is 0 Å². The highest BCUT2D eigenvalue weighted by Gasteiger charge is 2.05. The number of hydrogen-bond donors (Lipinski definition) is 1. The van der Waals surface area contributed by atoms with E-state index in [4.69, 9.17) is 0 Å². The molecule has 18 heavy (non-hydrogen) atoms. The summed E-state index contributed by atoms with van der Waals surface area (Å²) in [5, 5.41) is 1.55. The lowest BCUT2D eigenvalue weighted by atomic mass is 10.0. The molecule has 0 amide bonds. The van der Waals surface area contributed by atoms with Crippen molar-refractivity contribution in [2.24, 2.45) is 0 Å². The largest absolute Gasteiger partial charge is 0.354 e. The van der Waals surface area contributed by atoms with E-state index in [1.165, 1.54) is 5.56 Å². The number of aromatic amines is 1. The highest BCUT2D eigenvalue weighted by molar-refractivity contribution is 5.92. The molecule has 0 aliphatic carbocycles. The Morgan fingerprint density at radius 3 is 2.61 bits per heavy atom. The second-order valence-electron chi connectivity index (χ2n) is 4.63. The summed E-state index contributed by atoms with van der Waals surface area (Å²) >= 11 is 0. The molecule has 0 saturated heterocycles. The fourth-order valence-electron chi connectivity index (χ4n) is 2.41. The van der Waals surface area contributed by atoms with Crippen LogP contribution in [-0.2, 0) is 6.42 Å². The predicted molar refractivity (Wildman–Crippen MR) is 76.1 cm³/mol. The standard InChI is InChI=1S/C16H15NO/c1-2-5-11-8-9-15-13(10-11)16(18)12-6-3-4-7-14(12)17-15/h3-4,6-10H,2,5H2,1H3,(H,17,18). The third-order valence-electron chi connectivity index (χ3n) is 3.31. The SMILES string of the molecule is CCCc1ccc2[nH]c3ccccc3c(=O)c2c1. The Labute approximate surface area is 105 Å². The zero-order valence-corrected chi connectivity index (χ0v) is 10.4. The molecule has 3 rings (SSSR count). The first-order chi connectivity index (χ1) is 8.79. The van der Waals surface area contributed by atoms with Gasteiger partial charge in [0.05, 0.1) is 0 Å². The number of nitrogens with one attached hydrogen (secondary N) is 1. The van der Waals surface area contributed by atoms with E-state index in [9.17, 15) is 4.79 Å². The minimum Gasteiger partial charge on any atom is -0.354 e. The van der Waals surface area contributed by atoms with Crippen molar-refractivity contribution in [1.29, 1.82) is 0 Å². The van der Waals surface area contributed by atoms with Gasteiger partial charge in [-0.05, 0) is 36.2 Å². The van der Waals surface area contributed by atoms with Gasteiger partial charge in [-0.3, -0.25) is 4.79 Å². The van der Waals surface area contributed by atoms with Gasteiger partial charge in [0, 0.05) is 21.8 Å². The Kier molecular flexibility index (Phi) is 2.63. The quantitative estimate of drug-likeness (QED) is 0.678. The molecule has 3 aromatic rings. The summed E-state index contributed by atoms with van der Waals surface area (Å²) in [4.78, 5) is 15.7. The van der Waals surface area contributed by atoms with Crippen LogP contribution in [-0.4, -0.2) is 4.98 Å².